The van der Waals surface area contributed by atoms with Crippen LogP contribution in [0.1, 0.15) is 27.8 Å². The number of aliphatic hydroxyl groups is 1. The lowest BCUT2D eigenvalue weighted by Crippen LogP contribution is -2.51. The summed E-state index contributed by atoms with van der Waals surface area (Å²) in [4.78, 5) is 0. The van der Waals surface area contributed by atoms with Crippen molar-refractivity contribution in [2.75, 3.05) is 13.2 Å². The fraction of sp³-hybridized carbons (Fsp3) is 0.268. The van der Waals surface area contributed by atoms with E-state index in [-0.39, 0.29) is 19.8 Å². The van der Waals surface area contributed by atoms with E-state index in [1.165, 1.54) is 0 Å². The summed E-state index contributed by atoms with van der Waals surface area (Å²) in [6.07, 6.45) is -3.22. The Bertz CT molecular complexity index is 1500. The molecule has 5 aromatic rings. The van der Waals surface area contributed by atoms with Gasteiger partial charge >= 0.3 is 0 Å². The normalized spacial score (nSPS) is 13.9. The van der Waals surface area contributed by atoms with Crippen molar-refractivity contribution in [3.63, 3.8) is 0 Å². The standard InChI is InChI=1S/C41H44O6/c42-40(38(45-28-35-20-10-3-11-21-35)31-43-26-33-16-6-1-7-17-33)41(47-30-37-24-14-5-15-25-37)39(46-29-36-22-12-4-13-23-36)32-44-27-34-18-8-2-9-19-34/h1-25,38-42H,26-32H2/t38-,39+,40-,41-/m1/s1. The molecular weight excluding hydrogens is 588 g/mol. The molecule has 0 fully saturated rings. The lowest BCUT2D eigenvalue weighted by Gasteiger charge is -2.35. The van der Waals surface area contributed by atoms with Crippen LogP contribution in [0.15, 0.2) is 152 Å². The summed E-state index contributed by atoms with van der Waals surface area (Å²) in [6.45, 7) is 2.08. The van der Waals surface area contributed by atoms with Crippen LogP contribution in [0.2, 0.25) is 0 Å². The molecule has 0 aromatic heterocycles. The topological polar surface area (TPSA) is 66.4 Å². The number of benzene rings is 5. The number of aliphatic hydroxyl groups excluding tert-OH is 1. The van der Waals surface area contributed by atoms with Crippen molar-refractivity contribution in [2.24, 2.45) is 0 Å². The molecule has 4 atom stereocenters. The Balaban J connectivity index is 1.37. The third-order valence-electron chi connectivity index (χ3n) is 7.77. The zero-order chi connectivity index (χ0) is 32.4. The molecule has 0 aliphatic heterocycles. The summed E-state index contributed by atoms with van der Waals surface area (Å²) in [6, 6.07) is 49.8. The van der Waals surface area contributed by atoms with Gasteiger partial charge in [0.1, 0.15) is 24.4 Å². The maximum absolute atomic E-state index is 12.1. The maximum Gasteiger partial charge on any atom is 0.115 e. The summed E-state index contributed by atoms with van der Waals surface area (Å²) in [5.74, 6) is 0. The molecule has 5 aromatic carbocycles. The molecule has 0 aliphatic carbocycles. The molecule has 0 radical (unpaired) electrons. The average molecular weight is 633 g/mol. The predicted octanol–water partition coefficient (Wildman–Crippen LogP) is 7.54. The highest BCUT2D eigenvalue weighted by Crippen LogP contribution is 2.21. The third-order valence-corrected chi connectivity index (χ3v) is 7.77. The number of hydrogen-bond donors (Lipinski definition) is 1. The van der Waals surface area contributed by atoms with Gasteiger partial charge in [0.05, 0.1) is 46.2 Å². The summed E-state index contributed by atoms with van der Waals surface area (Å²) in [7, 11) is 0. The van der Waals surface area contributed by atoms with Gasteiger partial charge in [-0.1, -0.05) is 152 Å². The first-order chi connectivity index (χ1) is 23.2. The second-order valence-electron chi connectivity index (χ2n) is 11.4. The Hall–Kier alpha value is -4.14. The first kappa shape index (κ1) is 34.2. The van der Waals surface area contributed by atoms with Crippen LogP contribution in [0.4, 0.5) is 0 Å². The van der Waals surface area contributed by atoms with Gasteiger partial charge in [-0.05, 0) is 27.8 Å². The first-order valence-corrected chi connectivity index (χ1v) is 16.1. The van der Waals surface area contributed by atoms with E-state index < -0.39 is 24.4 Å². The minimum Gasteiger partial charge on any atom is -0.387 e. The molecule has 6 heteroatoms. The van der Waals surface area contributed by atoms with Gasteiger partial charge in [0.15, 0.2) is 0 Å². The zero-order valence-electron chi connectivity index (χ0n) is 26.7. The molecule has 0 aliphatic rings. The van der Waals surface area contributed by atoms with E-state index in [4.69, 9.17) is 23.7 Å². The Labute approximate surface area is 278 Å². The number of rotatable bonds is 20. The molecule has 0 heterocycles. The highest BCUT2D eigenvalue weighted by atomic mass is 16.6. The van der Waals surface area contributed by atoms with Crippen molar-refractivity contribution in [2.45, 2.75) is 57.5 Å². The molecule has 0 saturated heterocycles. The lowest BCUT2D eigenvalue weighted by molar-refractivity contribution is -0.190. The van der Waals surface area contributed by atoms with Crippen molar-refractivity contribution in [3.05, 3.63) is 179 Å². The zero-order valence-corrected chi connectivity index (χ0v) is 26.7. The smallest absolute Gasteiger partial charge is 0.115 e. The SMILES string of the molecule is O[C@@H]([C@H](OCc1ccccc1)[C@H](COCc1ccccc1)OCc1ccccc1)[C@@H](COCc1ccccc1)OCc1ccccc1. The van der Waals surface area contributed by atoms with Gasteiger partial charge in [-0.15, -0.1) is 0 Å². The van der Waals surface area contributed by atoms with Crippen LogP contribution in [0.3, 0.4) is 0 Å². The monoisotopic (exact) mass is 632 g/mol. The van der Waals surface area contributed by atoms with Gasteiger partial charge in [0.25, 0.3) is 0 Å². The van der Waals surface area contributed by atoms with Gasteiger partial charge in [-0.3, -0.25) is 0 Å². The highest BCUT2D eigenvalue weighted by Gasteiger charge is 2.37. The molecule has 0 spiro atoms. The Morgan fingerprint density at radius 1 is 0.362 bits per heavy atom. The quantitative estimate of drug-likeness (QED) is 0.0957. The Morgan fingerprint density at radius 3 is 1.04 bits per heavy atom. The van der Waals surface area contributed by atoms with Crippen molar-refractivity contribution in [1.29, 1.82) is 0 Å². The van der Waals surface area contributed by atoms with Gasteiger partial charge in [0.2, 0.25) is 0 Å². The van der Waals surface area contributed by atoms with E-state index in [1.807, 2.05) is 152 Å². The molecule has 0 amide bonds. The second kappa shape index (κ2) is 19.5. The average Bonchev–Trinajstić information content (AvgIpc) is 3.14. The van der Waals surface area contributed by atoms with Gasteiger partial charge in [-0.2, -0.15) is 0 Å². The van der Waals surface area contributed by atoms with Crippen molar-refractivity contribution in [1.82, 2.24) is 0 Å². The fourth-order valence-corrected chi connectivity index (χ4v) is 5.18. The molecule has 47 heavy (non-hydrogen) atoms. The van der Waals surface area contributed by atoms with E-state index in [0.717, 1.165) is 27.8 Å². The van der Waals surface area contributed by atoms with Crippen molar-refractivity contribution in [3.8, 4) is 0 Å². The minimum absolute atomic E-state index is 0.157. The van der Waals surface area contributed by atoms with Gasteiger partial charge in [0, 0.05) is 0 Å². The van der Waals surface area contributed by atoms with E-state index in [0.29, 0.717) is 26.4 Å². The van der Waals surface area contributed by atoms with Crippen LogP contribution in [0.5, 0.6) is 0 Å². The molecule has 1 N–H and O–H groups in total. The second-order valence-corrected chi connectivity index (χ2v) is 11.4. The van der Waals surface area contributed by atoms with Crippen LogP contribution in [0.25, 0.3) is 0 Å². The fourth-order valence-electron chi connectivity index (χ4n) is 5.18. The molecule has 5 rings (SSSR count). The van der Waals surface area contributed by atoms with Crippen molar-refractivity contribution < 1.29 is 28.8 Å². The van der Waals surface area contributed by atoms with Gasteiger partial charge < -0.3 is 28.8 Å². The molecule has 244 valence electrons. The number of hydrogen-bond acceptors (Lipinski definition) is 6. The van der Waals surface area contributed by atoms with Crippen LogP contribution in [-0.2, 0) is 56.7 Å². The third kappa shape index (κ3) is 11.9. The summed E-state index contributed by atoms with van der Waals surface area (Å²) in [5, 5.41) is 12.1. The first-order valence-electron chi connectivity index (χ1n) is 16.1. The molecule has 0 bridgehead atoms. The number of ether oxygens (including phenoxy) is 5. The van der Waals surface area contributed by atoms with Crippen LogP contribution in [0, 0.1) is 0 Å². The van der Waals surface area contributed by atoms with E-state index in [1.54, 1.807) is 0 Å². The molecule has 0 saturated carbocycles. The highest BCUT2D eigenvalue weighted by molar-refractivity contribution is 5.16. The Kier molecular flexibility index (Phi) is 14.2. The molecule has 6 nitrogen and oxygen atoms in total. The summed E-state index contributed by atoms with van der Waals surface area (Å²) in [5.41, 5.74) is 5.09. The largest absolute Gasteiger partial charge is 0.387 e. The van der Waals surface area contributed by atoms with E-state index >= 15 is 0 Å². The van der Waals surface area contributed by atoms with E-state index in [9.17, 15) is 5.11 Å². The molecular formula is C41H44O6. The summed E-state index contributed by atoms with van der Waals surface area (Å²) >= 11 is 0. The van der Waals surface area contributed by atoms with Crippen LogP contribution < -0.4 is 0 Å². The minimum atomic E-state index is -1.10. The van der Waals surface area contributed by atoms with E-state index in [2.05, 4.69) is 0 Å². The summed E-state index contributed by atoms with van der Waals surface area (Å²) < 4.78 is 31.8. The van der Waals surface area contributed by atoms with Crippen molar-refractivity contribution >= 4 is 0 Å². The predicted molar refractivity (Wildman–Crippen MR) is 183 cm³/mol. The maximum atomic E-state index is 12.1. The molecule has 0 unspecified atom stereocenters. The van der Waals surface area contributed by atoms with Gasteiger partial charge in [-0.25, -0.2) is 0 Å². The Morgan fingerprint density at radius 2 is 0.660 bits per heavy atom. The lowest BCUT2D eigenvalue weighted by atomic mass is 10.0. The van der Waals surface area contributed by atoms with Crippen LogP contribution in [-0.4, -0.2) is 42.7 Å². The van der Waals surface area contributed by atoms with Crippen LogP contribution >= 0.6 is 0 Å².